The van der Waals surface area contributed by atoms with Crippen LogP contribution in [0.15, 0.2) is 60.8 Å². The highest BCUT2D eigenvalue weighted by Gasteiger charge is 2.39. The fourth-order valence-electron chi connectivity index (χ4n) is 3.38. The van der Waals surface area contributed by atoms with Gasteiger partial charge in [-0.1, -0.05) is 48.5 Å². The summed E-state index contributed by atoms with van der Waals surface area (Å²) in [5, 5.41) is 6.43. The number of urea groups is 1. The third-order valence-corrected chi connectivity index (χ3v) is 4.84. The Labute approximate surface area is 161 Å². The van der Waals surface area contributed by atoms with E-state index in [-0.39, 0.29) is 18.4 Å². The van der Waals surface area contributed by atoms with E-state index in [1.807, 2.05) is 60.8 Å². The van der Waals surface area contributed by atoms with Crippen molar-refractivity contribution in [3.8, 4) is 0 Å². The number of carbonyl (C=O) groups excluding carboxylic acids is 3. The Morgan fingerprint density at radius 1 is 1.04 bits per heavy atom. The maximum Gasteiger partial charge on any atom is 0.325 e. The summed E-state index contributed by atoms with van der Waals surface area (Å²) in [6.07, 6.45) is 2.22. The van der Waals surface area contributed by atoms with E-state index in [9.17, 15) is 14.4 Å². The van der Waals surface area contributed by atoms with Crippen LogP contribution in [0.25, 0.3) is 10.9 Å². The molecule has 7 heteroatoms. The predicted molar refractivity (Wildman–Crippen MR) is 104 cm³/mol. The van der Waals surface area contributed by atoms with Crippen LogP contribution in [0.5, 0.6) is 0 Å². The van der Waals surface area contributed by atoms with Crippen LogP contribution in [0.2, 0.25) is 0 Å². The number of aromatic nitrogens is 1. The zero-order valence-corrected chi connectivity index (χ0v) is 15.1. The first-order chi connectivity index (χ1) is 13.6. The fraction of sp³-hybridized carbons (Fsp3) is 0.190. The maximum absolute atomic E-state index is 12.6. The molecule has 1 unspecified atom stereocenters. The number of nitrogens with zero attached hydrogens (tertiary/aromatic N) is 1. The Balaban J connectivity index is 1.37. The Morgan fingerprint density at radius 2 is 1.79 bits per heavy atom. The second-order valence-electron chi connectivity index (χ2n) is 6.75. The second kappa shape index (κ2) is 7.56. The summed E-state index contributed by atoms with van der Waals surface area (Å²) in [5.41, 5.74) is 2.88. The average molecular weight is 376 g/mol. The van der Waals surface area contributed by atoms with Crippen LogP contribution in [-0.2, 0) is 22.6 Å². The molecule has 0 saturated carbocycles. The quantitative estimate of drug-likeness (QED) is 0.574. The molecule has 2 heterocycles. The van der Waals surface area contributed by atoms with Gasteiger partial charge < -0.3 is 15.6 Å². The first-order valence-electron chi connectivity index (χ1n) is 9.09. The molecule has 1 aliphatic heterocycles. The van der Waals surface area contributed by atoms with Crippen molar-refractivity contribution in [3.63, 3.8) is 0 Å². The summed E-state index contributed by atoms with van der Waals surface area (Å²) in [5.74, 6) is -0.759. The van der Waals surface area contributed by atoms with Crippen molar-refractivity contribution in [2.45, 2.75) is 19.0 Å². The number of rotatable bonds is 6. The van der Waals surface area contributed by atoms with Gasteiger partial charge in [0.25, 0.3) is 5.91 Å². The van der Waals surface area contributed by atoms with Gasteiger partial charge in [-0.05, 0) is 17.2 Å². The zero-order chi connectivity index (χ0) is 19.5. The highest BCUT2D eigenvalue weighted by molar-refractivity contribution is 6.06. The molecule has 4 rings (SSSR count). The van der Waals surface area contributed by atoms with E-state index < -0.39 is 12.1 Å². The van der Waals surface area contributed by atoms with Crippen molar-refractivity contribution in [3.05, 3.63) is 71.9 Å². The van der Waals surface area contributed by atoms with Crippen molar-refractivity contribution < 1.29 is 14.4 Å². The number of para-hydroxylation sites is 1. The van der Waals surface area contributed by atoms with E-state index >= 15 is 0 Å². The van der Waals surface area contributed by atoms with Gasteiger partial charge in [-0.25, -0.2) is 4.79 Å². The lowest BCUT2D eigenvalue weighted by Crippen LogP contribution is -2.41. The number of carbonyl (C=O) groups is 3. The number of H-pyrrole nitrogens is 1. The molecule has 0 radical (unpaired) electrons. The van der Waals surface area contributed by atoms with E-state index in [4.69, 9.17) is 0 Å². The Bertz CT molecular complexity index is 1030. The maximum atomic E-state index is 12.6. The number of nitrogens with one attached hydrogen (secondary N) is 3. The number of hydrogen-bond acceptors (Lipinski definition) is 3. The van der Waals surface area contributed by atoms with Gasteiger partial charge in [0, 0.05) is 30.1 Å². The van der Waals surface area contributed by atoms with Crippen molar-refractivity contribution in [2.24, 2.45) is 0 Å². The molecule has 1 atom stereocenters. The lowest BCUT2D eigenvalue weighted by Gasteiger charge is -2.13. The summed E-state index contributed by atoms with van der Waals surface area (Å²) in [6, 6.07) is 16.0. The monoisotopic (exact) mass is 376 g/mol. The molecule has 1 aromatic heterocycles. The molecule has 3 aromatic rings. The zero-order valence-electron chi connectivity index (χ0n) is 15.1. The largest absolute Gasteiger partial charge is 0.361 e. The molecule has 1 aliphatic rings. The van der Waals surface area contributed by atoms with Crippen molar-refractivity contribution >= 4 is 28.7 Å². The number of aromatic amines is 1. The van der Waals surface area contributed by atoms with Crippen molar-refractivity contribution in [2.75, 3.05) is 6.54 Å². The molecular formula is C21H20N4O3. The van der Waals surface area contributed by atoms with Crippen LogP contribution in [-0.4, -0.2) is 40.3 Å². The molecule has 0 bridgehead atoms. The first kappa shape index (κ1) is 17.8. The standard InChI is InChI=1S/C21H20N4O3/c26-19(23-11-14-6-2-1-3-7-14)13-25-20(27)18(24-21(25)28)10-15-12-22-17-9-5-4-8-16(15)17/h1-9,12,18,22H,10-11,13H2,(H,23,26)(H,24,28). The summed E-state index contributed by atoms with van der Waals surface area (Å²) >= 11 is 0. The molecule has 142 valence electrons. The van der Waals surface area contributed by atoms with Gasteiger partial charge in [0.2, 0.25) is 5.91 Å². The highest BCUT2D eigenvalue weighted by atomic mass is 16.2. The Kier molecular flexibility index (Phi) is 4.80. The summed E-state index contributed by atoms with van der Waals surface area (Å²) in [4.78, 5) is 41.1. The summed E-state index contributed by atoms with van der Waals surface area (Å²) in [7, 11) is 0. The van der Waals surface area contributed by atoms with E-state index in [0.717, 1.165) is 26.9 Å². The van der Waals surface area contributed by atoms with E-state index in [2.05, 4.69) is 15.6 Å². The minimum absolute atomic E-state index is 0.290. The van der Waals surface area contributed by atoms with Gasteiger partial charge in [0.15, 0.2) is 0 Å². The third kappa shape index (κ3) is 3.59. The van der Waals surface area contributed by atoms with E-state index in [1.165, 1.54) is 0 Å². The Morgan fingerprint density at radius 3 is 2.61 bits per heavy atom. The molecule has 1 saturated heterocycles. The predicted octanol–water partition coefficient (Wildman–Crippen LogP) is 1.95. The van der Waals surface area contributed by atoms with Gasteiger partial charge in [-0.3, -0.25) is 14.5 Å². The molecule has 7 nitrogen and oxygen atoms in total. The van der Waals surface area contributed by atoms with Gasteiger partial charge in [0.1, 0.15) is 12.6 Å². The van der Waals surface area contributed by atoms with Crippen LogP contribution in [0, 0.1) is 0 Å². The first-order valence-corrected chi connectivity index (χ1v) is 9.09. The minimum atomic E-state index is -0.673. The van der Waals surface area contributed by atoms with Crippen molar-refractivity contribution in [1.29, 1.82) is 0 Å². The van der Waals surface area contributed by atoms with Crippen molar-refractivity contribution in [1.82, 2.24) is 20.5 Å². The van der Waals surface area contributed by atoms with Crippen LogP contribution < -0.4 is 10.6 Å². The van der Waals surface area contributed by atoms with E-state index in [0.29, 0.717) is 13.0 Å². The molecular weight excluding hydrogens is 356 g/mol. The molecule has 3 N–H and O–H groups in total. The second-order valence-corrected chi connectivity index (χ2v) is 6.75. The highest BCUT2D eigenvalue weighted by Crippen LogP contribution is 2.21. The lowest BCUT2D eigenvalue weighted by atomic mass is 10.1. The summed E-state index contributed by atoms with van der Waals surface area (Å²) in [6.45, 7) is 0.0595. The number of benzene rings is 2. The van der Waals surface area contributed by atoms with Gasteiger partial charge in [-0.2, -0.15) is 0 Å². The number of fused-ring (bicyclic) bond motifs is 1. The topological polar surface area (TPSA) is 94.3 Å². The number of hydrogen-bond donors (Lipinski definition) is 3. The lowest BCUT2D eigenvalue weighted by molar-refractivity contribution is -0.132. The van der Waals surface area contributed by atoms with Crippen LogP contribution in [0.3, 0.4) is 0 Å². The molecule has 2 aromatic carbocycles. The van der Waals surface area contributed by atoms with Gasteiger partial charge in [0.05, 0.1) is 0 Å². The summed E-state index contributed by atoms with van der Waals surface area (Å²) < 4.78 is 0. The smallest absolute Gasteiger partial charge is 0.325 e. The molecule has 28 heavy (non-hydrogen) atoms. The normalized spacial score (nSPS) is 16.4. The number of amides is 4. The van der Waals surface area contributed by atoms with Gasteiger partial charge >= 0.3 is 6.03 Å². The number of imide groups is 1. The van der Waals surface area contributed by atoms with Crippen LogP contribution in [0.4, 0.5) is 4.79 Å². The average Bonchev–Trinajstić information content (AvgIpc) is 3.24. The molecule has 1 fully saturated rings. The fourth-order valence-corrected chi connectivity index (χ4v) is 3.38. The van der Waals surface area contributed by atoms with Crippen LogP contribution >= 0.6 is 0 Å². The molecule has 0 spiro atoms. The Hall–Kier alpha value is -3.61. The molecule has 4 amide bonds. The van der Waals surface area contributed by atoms with Gasteiger partial charge in [-0.15, -0.1) is 0 Å². The molecule has 0 aliphatic carbocycles. The third-order valence-electron chi connectivity index (χ3n) is 4.84. The van der Waals surface area contributed by atoms with E-state index in [1.54, 1.807) is 0 Å². The minimum Gasteiger partial charge on any atom is -0.361 e. The SMILES string of the molecule is O=C(CN1C(=O)NC(Cc2c[nH]c3ccccc23)C1=O)NCc1ccccc1. The van der Waals surface area contributed by atoms with Crippen LogP contribution in [0.1, 0.15) is 11.1 Å².